The number of Topliss-reactive ketones (excluding diaryl/α,β-unsaturated/α-hetero) is 1. The van der Waals surface area contributed by atoms with E-state index in [2.05, 4.69) is 4.74 Å². The summed E-state index contributed by atoms with van der Waals surface area (Å²) in [6.07, 6.45) is -0.904. The van der Waals surface area contributed by atoms with Gasteiger partial charge >= 0.3 is 12.1 Å². The van der Waals surface area contributed by atoms with Crippen LogP contribution in [0.4, 0.5) is 4.79 Å². The van der Waals surface area contributed by atoms with Gasteiger partial charge in [0, 0.05) is 13.1 Å². The Morgan fingerprint density at radius 2 is 1.75 bits per heavy atom. The number of hydrogen-bond donors (Lipinski definition) is 1. The number of hydrogen-bond acceptors (Lipinski definition) is 6. The van der Waals surface area contributed by atoms with Gasteiger partial charge in [-0.1, -0.05) is 0 Å². The number of esters is 1. The van der Waals surface area contributed by atoms with Gasteiger partial charge in [0.25, 0.3) is 0 Å². The van der Waals surface area contributed by atoms with Gasteiger partial charge in [0.1, 0.15) is 17.8 Å². The van der Waals surface area contributed by atoms with Crippen LogP contribution in [-0.4, -0.2) is 40.6 Å². The van der Waals surface area contributed by atoms with Crippen LogP contribution in [0.1, 0.15) is 48.7 Å². The highest BCUT2D eigenvalue weighted by molar-refractivity contribution is 6.07. The lowest BCUT2D eigenvalue weighted by Crippen LogP contribution is -2.33. The maximum Gasteiger partial charge on any atom is 0.410 e. The van der Waals surface area contributed by atoms with Crippen molar-refractivity contribution in [2.45, 2.75) is 45.9 Å². The van der Waals surface area contributed by atoms with Crippen molar-refractivity contribution in [3.05, 3.63) is 28.8 Å². The first-order chi connectivity index (χ1) is 11.1. The van der Waals surface area contributed by atoms with Crippen LogP contribution in [0.15, 0.2) is 12.1 Å². The van der Waals surface area contributed by atoms with Gasteiger partial charge in [-0.15, -0.1) is 0 Å². The third-order valence-electron chi connectivity index (χ3n) is 3.53. The average molecular weight is 335 g/mol. The third-order valence-corrected chi connectivity index (χ3v) is 3.53. The molecular weight excluding hydrogens is 314 g/mol. The predicted octanol–water partition coefficient (Wildman–Crippen LogP) is 2.39. The molecule has 1 N–H and O–H groups in total. The van der Waals surface area contributed by atoms with Gasteiger partial charge in [-0.3, -0.25) is 14.5 Å². The molecule has 0 fully saturated rings. The van der Waals surface area contributed by atoms with E-state index in [1.165, 1.54) is 24.1 Å². The van der Waals surface area contributed by atoms with Crippen LogP contribution in [0.2, 0.25) is 0 Å². The lowest BCUT2D eigenvalue weighted by Gasteiger charge is -2.24. The van der Waals surface area contributed by atoms with Gasteiger partial charge in [0.2, 0.25) is 0 Å². The number of aromatic hydroxyl groups is 1. The van der Waals surface area contributed by atoms with E-state index in [1.54, 1.807) is 20.8 Å². The SMILES string of the molecule is COC(=O)CC(=O)c1cc2c(cc1O)CN(C(=O)OC(C)(C)C)C2. The molecule has 0 aliphatic carbocycles. The standard InChI is InChI=1S/C17H21NO6/c1-17(2,3)24-16(22)18-8-10-5-12(13(19)6-11(10)9-18)14(20)7-15(21)23-4/h5-6,19H,7-9H2,1-4H3. The van der Waals surface area contributed by atoms with Crippen LogP contribution in [0.5, 0.6) is 5.75 Å². The third kappa shape index (κ3) is 4.04. The van der Waals surface area contributed by atoms with E-state index in [0.717, 1.165) is 11.1 Å². The van der Waals surface area contributed by atoms with E-state index < -0.39 is 29.9 Å². The Labute approximate surface area is 140 Å². The van der Waals surface area contributed by atoms with Crippen molar-refractivity contribution in [1.29, 1.82) is 0 Å². The van der Waals surface area contributed by atoms with Crippen molar-refractivity contribution in [2.75, 3.05) is 7.11 Å². The van der Waals surface area contributed by atoms with Gasteiger partial charge in [0.05, 0.1) is 12.7 Å². The van der Waals surface area contributed by atoms with Gasteiger partial charge in [-0.2, -0.15) is 0 Å². The molecule has 2 rings (SSSR count). The second kappa shape index (κ2) is 6.51. The topological polar surface area (TPSA) is 93.1 Å². The lowest BCUT2D eigenvalue weighted by atomic mass is 10.0. The number of carbonyl (C=O) groups excluding carboxylic acids is 3. The number of benzene rings is 1. The molecule has 0 atom stereocenters. The Balaban J connectivity index is 2.17. The molecule has 1 amide bonds. The highest BCUT2D eigenvalue weighted by Gasteiger charge is 2.29. The van der Waals surface area contributed by atoms with Gasteiger partial charge in [-0.25, -0.2) is 4.79 Å². The number of fused-ring (bicyclic) bond motifs is 1. The molecule has 0 spiro atoms. The molecule has 0 unspecified atom stereocenters. The molecule has 0 saturated carbocycles. The molecule has 7 heteroatoms. The molecule has 0 bridgehead atoms. The molecular formula is C17H21NO6. The minimum atomic E-state index is -0.671. The Bertz CT molecular complexity index is 689. The Morgan fingerprint density at radius 1 is 1.17 bits per heavy atom. The van der Waals surface area contributed by atoms with Gasteiger partial charge in [-0.05, 0) is 44.0 Å². The highest BCUT2D eigenvalue weighted by atomic mass is 16.6. The molecule has 1 aromatic carbocycles. The number of methoxy groups -OCH3 is 1. The average Bonchev–Trinajstić information content (AvgIpc) is 2.87. The summed E-state index contributed by atoms with van der Waals surface area (Å²) in [6, 6.07) is 2.96. The summed E-state index contributed by atoms with van der Waals surface area (Å²) in [5.74, 6) is -1.41. The fourth-order valence-corrected chi connectivity index (χ4v) is 2.42. The number of ketones is 1. The van der Waals surface area contributed by atoms with Crippen molar-refractivity contribution in [2.24, 2.45) is 0 Å². The van der Waals surface area contributed by atoms with Crippen molar-refractivity contribution >= 4 is 17.8 Å². The monoisotopic (exact) mass is 335 g/mol. The maximum absolute atomic E-state index is 12.1. The zero-order valence-electron chi connectivity index (χ0n) is 14.2. The molecule has 130 valence electrons. The first-order valence-corrected chi connectivity index (χ1v) is 7.53. The quantitative estimate of drug-likeness (QED) is 0.518. The van der Waals surface area contributed by atoms with E-state index in [9.17, 15) is 19.5 Å². The van der Waals surface area contributed by atoms with Crippen LogP contribution in [0.3, 0.4) is 0 Å². The van der Waals surface area contributed by atoms with Crippen LogP contribution < -0.4 is 0 Å². The second-order valence-electron chi connectivity index (χ2n) is 6.65. The van der Waals surface area contributed by atoms with Crippen LogP contribution in [-0.2, 0) is 27.4 Å². The summed E-state index contributed by atoms with van der Waals surface area (Å²) in [7, 11) is 1.19. The zero-order valence-corrected chi connectivity index (χ0v) is 14.2. The van der Waals surface area contributed by atoms with Crippen LogP contribution >= 0.6 is 0 Å². The largest absolute Gasteiger partial charge is 0.507 e. The number of ether oxygens (including phenoxy) is 2. The molecule has 1 aliphatic rings. The first-order valence-electron chi connectivity index (χ1n) is 7.53. The van der Waals surface area contributed by atoms with E-state index in [-0.39, 0.29) is 17.9 Å². The molecule has 0 saturated heterocycles. The van der Waals surface area contributed by atoms with E-state index in [4.69, 9.17) is 4.74 Å². The van der Waals surface area contributed by atoms with Crippen LogP contribution in [0.25, 0.3) is 0 Å². The highest BCUT2D eigenvalue weighted by Crippen LogP contribution is 2.31. The van der Waals surface area contributed by atoms with Crippen molar-refractivity contribution < 1.29 is 29.0 Å². The number of rotatable bonds is 3. The predicted molar refractivity (Wildman–Crippen MR) is 84.6 cm³/mol. The molecule has 24 heavy (non-hydrogen) atoms. The van der Waals surface area contributed by atoms with Gasteiger partial charge in [0.15, 0.2) is 5.78 Å². The summed E-state index contributed by atoms with van der Waals surface area (Å²) in [4.78, 5) is 36.9. The van der Waals surface area contributed by atoms with E-state index in [1.807, 2.05) is 0 Å². The smallest absolute Gasteiger partial charge is 0.410 e. The summed E-state index contributed by atoms with van der Waals surface area (Å²) in [6.45, 7) is 5.92. The summed E-state index contributed by atoms with van der Waals surface area (Å²) >= 11 is 0. The Morgan fingerprint density at radius 3 is 2.29 bits per heavy atom. The molecule has 0 radical (unpaired) electrons. The minimum Gasteiger partial charge on any atom is -0.507 e. The molecule has 7 nitrogen and oxygen atoms in total. The zero-order chi connectivity index (χ0) is 18.1. The van der Waals surface area contributed by atoms with Gasteiger partial charge < -0.3 is 14.6 Å². The fraction of sp³-hybridized carbons (Fsp3) is 0.471. The second-order valence-corrected chi connectivity index (χ2v) is 6.65. The number of phenols is 1. The Hall–Kier alpha value is -2.57. The number of carbonyl (C=O) groups is 3. The number of nitrogens with zero attached hydrogens (tertiary/aromatic N) is 1. The first kappa shape index (κ1) is 17.8. The van der Waals surface area contributed by atoms with Crippen molar-refractivity contribution in [3.63, 3.8) is 0 Å². The van der Waals surface area contributed by atoms with E-state index >= 15 is 0 Å². The summed E-state index contributed by atoms with van der Waals surface area (Å²) < 4.78 is 9.78. The van der Waals surface area contributed by atoms with Crippen molar-refractivity contribution in [3.8, 4) is 5.75 Å². The Kier molecular flexibility index (Phi) is 4.82. The molecule has 1 aromatic rings. The number of amides is 1. The maximum atomic E-state index is 12.1. The number of phenolic OH excluding ortho intramolecular Hbond substituents is 1. The van der Waals surface area contributed by atoms with E-state index in [0.29, 0.717) is 6.54 Å². The molecule has 1 aliphatic heterocycles. The van der Waals surface area contributed by atoms with Crippen LogP contribution in [0, 0.1) is 0 Å². The summed E-state index contributed by atoms with van der Waals surface area (Å²) in [5, 5.41) is 10.0. The van der Waals surface area contributed by atoms with Crippen molar-refractivity contribution in [1.82, 2.24) is 4.90 Å². The summed E-state index contributed by atoms with van der Waals surface area (Å²) in [5.41, 5.74) is 0.931. The lowest BCUT2D eigenvalue weighted by molar-refractivity contribution is -0.139. The molecule has 0 aromatic heterocycles. The fourth-order valence-electron chi connectivity index (χ4n) is 2.42. The molecule has 1 heterocycles. The normalized spacial score (nSPS) is 13.4. The minimum absolute atomic E-state index is 0.0465.